The van der Waals surface area contributed by atoms with Crippen molar-refractivity contribution in [2.24, 2.45) is 0 Å². The molecule has 0 radical (unpaired) electrons. The summed E-state index contributed by atoms with van der Waals surface area (Å²) < 4.78 is 2.52. The van der Waals surface area contributed by atoms with Crippen molar-refractivity contribution in [2.75, 3.05) is 4.90 Å². The van der Waals surface area contributed by atoms with Crippen LogP contribution in [0.4, 0.5) is 17.1 Å². The van der Waals surface area contributed by atoms with Crippen LogP contribution in [-0.4, -0.2) is 4.57 Å². The van der Waals surface area contributed by atoms with Gasteiger partial charge in [0.05, 0.1) is 33.5 Å². The predicted octanol–water partition coefficient (Wildman–Crippen LogP) is 19.3. The molecule has 1 aromatic heterocycles. The van der Waals surface area contributed by atoms with Crippen molar-refractivity contribution in [3.05, 3.63) is 313 Å². The fraction of sp³-hybridized carbons (Fsp3) is 0.0137. The standard InChI is InChI=1S/C73H48N2/c1-3-18-49(19-4-1)51-34-36-53(37-35-51)54-42-45-57(46-43-54)74(68-30-13-8-22-58(68)55-40-38-52(39-41-55)50-20-5-2-6-21-50)69-31-14-9-23-59(69)56-44-47-61-60-24-7-11-27-64(60)73(67(61)48-56)65-28-12-16-33-71(65)75-70-32-15-10-25-62(70)63-26-17-29-66(73)72(63)75/h1-48H. The van der Waals surface area contributed by atoms with Crippen molar-refractivity contribution in [3.63, 3.8) is 0 Å². The predicted molar refractivity (Wildman–Crippen MR) is 314 cm³/mol. The molecule has 1 atom stereocenters. The summed E-state index contributed by atoms with van der Waals surface area (Å²) in [6, 6.07) is 108. The molecule has 0 N–H and O–H groups in total. The average Bonchev–Trinajstić information content (AvgIpc) is 3.99. The fourth-order valence-corrected chi connectivity index (χ4v) is 12.7. The molecule has 1 aliphatic carbocycles. The number of anilines is 3. The Balaban J connectivity index is 0.921. The number of hydrogen-bond acceptors (Lipinski definition) is 1. The van der Waals surface area contributed by atoms with Crippen molar-refractivity contribution in [3.8, 4) is 72.4 Å². The maximum Gasteiger partial charge on any atom is 0.0754 e. The third kappa shape index (κ3) is 6.60. The second kappa shape index (κ2) is 17.2. The first-order valence-electron chi connectivity index (χ1n) is 26.0. The summed E-state index contributed by atoms with van der Waals surface area (Å²) in [6.07, 6.45) is 0. The third-order valence-electron chi connectivity index (χ3n) is 16.0. The van der Waals surface area contributed by atoms with Gasteiger partial charge in [-0.15, -0.1) is 0 Å². The van der Waals surface area contributed by atoms with Crippen LogP contribution >= 0.6 is 0 Å². The molecular weight excluding hydrogens is 905 g/mol. The van der Waals surface area contributed by atoms with Gasteiger partial charge in [0.2, 0.25) is 0 Å². The van der Waals surface area contributed by atoms with Crippen molar-refractivity contribution in [2.45, 2.75) is 5.41 Å². The Hall–Kier alpha value is -9.76. The van der Waals surface area contributed by atoms with Gasteiger partial charge in [-0.3, -0.25) is 0 Å². The number of benzene rings is 12. The monoisotopic (exact) mass is 952 g/mol. The van der Waals surface area contributed by atoms with E-state index in [2.05, 4.69) is 301 Å². The Kier molecular flexibility index (Phi) is 9.83. The molecule has 12 aromatic carbocycles. The molecule has 15 rings (SSSR count). The lowest BCUT2D eigenvalue weighted by molar-refractivity contribution is 0.749. The normalized spacial score (nSPS) is 13.9. The van der Waals surface area contributed by atoms with Gasteiger partial charge in [-0.2, -0.15) is 0 Å². The lowest BCUT2D eigenvalue weighted by atomic mass is 9.65. The smallest absolute Gasteiger partial charge is 0.0754 e. The molecule has 1 unspecified atom stereocenters. The first-order valence-corrected chi connectivity index (χ1v) is 26.0. The van der Waals surface area contributed by atoms with E-state index in [0.29, 0.717) is 0 Å². The Labute approximate surface area is 437 Å². The van der Waals surface area contributed by atoms with Crippen LogP contribution in [0.15, 0.2) is 291 Å². The zero-order chi connectivity index (χ0) is 49.5. The van der Waals surface area contributed by atoms with Crippen LogP contribution < -0.4 is 4.90 Å². The van der Waals surface area contributed by atoms with Crippen LogP contribution in [-0.2, 0) is 5.41 Å². The Morgan fingerprint density at radius 1 is 0.267 bits per heavy atom. The summed E-state index contributed by atoms with van der Waals surface area (Å²) >= 11 is 0. The van der Waals surface area contributed by atoms with E-state index in [4.69, 9.17) is 0 Å². The molecule has 2 heteroatoms. The van der Waals surface area contributed by atoms with Crippen LogP contribution in [0.5, 0.6) is 0 Å². The molecule has 0 saturated heterocycles. The summed E-state index contributed by atoms with van der Waals surface area (Å²) in [4.78, 5) is 2.48. The minimum absolute atomic E-state index is 0.565. The molecule has 0 bridgehead atoms. The highest BCUT2D eigenvalue weighted by Crippen LogP contribution is 2.62. The molecule has 75 heavy (non-hydrogen) atoms. The van der Waals surface area contributed by atoms with E-state index >= 15 is 0 Å². The fourth-order valence-electron chi connectivity index (χ4n) is 12.7. The molecule has 1 aliphatic heterocycles. The number of fused-ring (bicyclic) bond motifs is 12. The van der Waals surface area contributed by atoms with Gasteiger partial charge in [-0.05, 0) is 120 Å². The maximum absolute atomic E-state index is 2.52. The number of para-hydroxylation sites is 5. The SMILES string of the molecule is c1ccc(-c2ccc(-c3ccc(N(c4ccccc4-c4ccc(-c5ccccc5)cc4)c4ccccc4-c4ccc5c(c4)C4(c6ccccc6-5)c5ccccc5-n5c6ccccc6c6cccc4c65)cc3)cc2)cc1. The van der Waals surface area contributed by atoms with Gasteiger partial charge in [0.1, 0.15) is 0 Å². The van der Waals surface area contributed by atoms with Crippen molar-refractivity contribution >= 4 is 38.9 Å². The van der Waals surface area contributed by atoms with E-state index in [1.54, 1.807) is 0 Å². The van der Waals surface area contributed by atoms with E-state index in [-0.39, 0.29) is 0 Å². The molecular formula is C73H48N2. The molecule has 2 heterocycles. The van der Waals surface area contributed by atoms with E-state index in [1.807, 2.05) is 0 Å². The van der Waals surface area contributed by atoms with Crippen molar-refractivity contribution in [1.82, 2.24) is 4.57 Å². The maximum atomic E-state index is 2.52. The van der Waals surface area contributed by atoms with Crippen LogP contribution in [0, 0.1) is 0 Å². The van der Waals surface area contributed by atoms with Gasteiger partial charge in [0.15, 0.2) is 0 Å². The zero-order valence-corrected chi connectivity index (χ0v) is 41.1. The van der Waals surface area contributed by atoms with E-state index in [0.717, 1.165) is 39.3 Å². The third-order valence-corrected chi connectivity index (χ3v) is 16.0. The number of nitrogens with zero attached hydrogens (tertiary/aromatic N) is 2. The van der Waals surface area contributed by atoms with Gasteiger partial charge >= 0.3 is 0 Å². The minimum Gasteiger partial charge on any atom is -0.309 e. The summed E-state index contributed by atoms with van der Waals surface area (Å²) in [7, 11) is 0. The number of hydrogen-bond donors (Lipinski definition) is 0. The molecule has 0 amide bonds. The van der Waals surface area contributed by atoms with Gasteiger partial charge in [0, 0.05) is 27.6 Å². The Morgan fingerprint density at radius 3 is 1.36 bits per heavy atom. The Morgan fingerprint density at radius 2 is 0.707 bits per heavy atom. The van der Waals surface area contributed by atoms with Gasteiger partial charge in [-0.1, -0.05) is 249 Å². The molecule has 0 fully saturated rings. The molecule has 2 nitrogen and oxygen atoms in total. The summed E-state index contributed by atoms with van der Waals surface area (Å²) in [5.41, 5.74) is 26.1. The Bertz CT molecular complexity index is 4320. The molecule has 0 saturated carbocycles. The van der Waals surface area contributed by atoms with Crippen LogP contribution in [0.25, 0.3) is 94.3 Å². The molecule has 350 valence electrons. The first-order chi connectivity index (χ1) is 37.2. The number of aromatic nitrogens is 1. The first kappa shape index (κ1) is 42.9. The molecule has 2 aliphatic rings. The topological polar surface area (TPSA) is 8.17 Å². The van der Waals surface area contributed by atoms with Gasteiger partial charge in [0.25, 0.3) is 0 Å². The van der Waals surface area contributed by atoms with Crippen LogP contribution in [0.1, 0.15) is 22.3 Å². The van der Waals surface area contributed by atoms with Crippen molar-refractivity contribution < 1.29 is 0 Å². The van der Waals surface area contributed by atoms with Gasteiger partial charge < -0.3 is 9.47 Å². The largest absolute Gasteiger partial charge is 0.309 e. The second-order valence-electron chi connectivity index (χ2n) is 19.9. The highest BCUT2D eigenvalue weighted by atomic mass is 15.1. The van der Waals surface area contributed by atoms with Crippen LogP contribution in [0.3, 0.4) is 0 Å². The van der Waals surface area contributed by atoms with Crippen molar-refractivity contribution in [1.29, 1.82) is 0 Å². The van der Waals surface area contributed by atoms with Gasteiger partial charge in [-0.25, -0.2) is 0 Å². The second-order valence-corrected chi connectivity index (χ2v) is 19.9. The minimum atomic E-state index is -0.565. The van der Waals surface area contributed by atoms with E-state index in [9.17, 15) is 0 Å². The zero-order valence-electron chi connectivity index (χ0n) is 41.1. The highest BCUT2D eigenvalue weighted by molar-refractivity contribution is 6.13. The molecule has 13 aromatic rings. The number of rotatable bonds is 8. The lowest BCUT2D eigenvalue weighted by Gasteiger charge is -2.39. The van der Waals surface area contributed by atoms with Crippen LogP contribution in [0.2, 0.25) is 0 Å². The van der Waals surface area contributed by atoms with E-state index in [1.165, 1.54) is 94.3 Å². The average molecular weight is 953 g/mol. The van der Waals surface area contributed by atoms with E-state index < -0.39 is 5.41 Å². The summed E-state index contributed by atoms with van der Waals surface area (Å²) in [5, 5.41) is 2.56. The summed E-state index contributed by atoms with van der Waals surface area (Å²) in [5.74, 6) is 0. The lowest BCUT2D eigenvalue weighted by Crippen LogP contribution is -2.33. The highest BCUT2D eigenvalue weighted by Gasteiger charge is 2.51. The summed E-state index contributed by atoms with van der Waals surface area (Å²) in [6.45, 7) is 0. The molecule has 1 spiro atoms. The quantitative estimate of drug-likeness (QED) is 0.147.